The van der Waals surface area contributed by atoms with Crippen molar-refractivity contribution in [3.8, 4) is 6.07 Å². The molecule has 0 N–H and O–H groups in total. The molecule has 0 saturated heterocycles. The van der Waals surface area contributed by atoms with Crippen molar-refractivity contribution in [3.05, 3.63) is 69.7 Å². The fraction of sp³-hybridized carbons (Fsp3) is 0. The van der Waals surface area contributed by atoms with Crippen LogP contribution in [-0.4, -0.2) is 11.8 Å². The Hall–Kier alpha value is -2.61. The van der Waals surface area contributed by atoms with Crippen molar-refractivity contribution in [3.63, 3.8) is 0 Å². The quantitative estimate of drug-likeness (QED) is 0.781. The zero-order chi connectivity index (χ0) is 16.6. The molecule has 1 heterocycles. The maximum atomic E-state index is 12.6. The van der Waals surface area contributed by atoms with E-state index in [4.69, 9.17) is 28.5 Å². The Kier molecular flexibility index (Phi) is 3.91. The number of amides is 2. The number of carbonyl (C=O) groups excluding carboxylic acids is 2. The minimum Gasteiger partial charge on any atom is -0.268 e. The number of hydrogen-bond acceptors (Lipinski definition) is 3. The maximum absolute atomic E-state index is 12.6. The second kappa shape index (κ2) is 5.88. The molecule has 2 amide bonds. The molecule has 0 spiro atoms. The Labute approximate surface area is 142 Å². The van der Waals surface area contributed by atoms with E-state index in [9.17, 15) is 9.59 Å². The first-order valence-electron chi connectivity index (χ1n) is 6.57. The van der Waals surface area contributed by atoms with Crippen LogP contribution in [0.15, 0.2) is 53.6 Å². The molecule has 2 aromatic carbocycles. The lowest BCUT2D eigenvalue weighted by molar-refractivity contribution is -0.119. The van der Waals surface area contributed by atoms with Crippen LogP contribution in [0.1, 0.15) is 11.1 Å². The minimum atomic E-state index is -0.591. The van der Waals surface area contributed by atoms with Crippen LogP contribution in [0.3, 0.4) is 0 Å². The average molecular weight is 343 g/mol. The summed E-state index contributed by atoms with van der Waals surface area (Å²) in [7, 11) is 0. The molecule has 1 aliphatic rings. The van der Waals surface area contributed by atoms with Gasteiger partial charge >= 0.3 is 0 Å². The van der Waals surface area contributed by atoms with Crippen molar-refractivity contribution in [2.45, 2.75) is 0 Å². The molecule has 0 saturated carbocycles. The van der Waals surface area contributed by atoms with Gasteiger partial charge in [-0.3, -0.25) is 9.59 Å². The number of anilines is 1. The van der Waals surface area contributed by atoms with E-state index in [0.717, 1.165) is 4.90 Å². The van der Waals surface area contributed by atoms with Crippen molar-refractivity contribution in [1.29, 1.82) is 5.26 Å². The molecule has 1 aliphatic heterocycles. The van der Waals surface area contributed by atoms with Crippen LogP contribution in [-0.2, 0) is 9.59 Å². The molecule has 2 aromatic rings. The summed E-state index contributed by atoms with van der Waals surface area (Å²) >= 11 is 11.9. The normalized spacial score (nSPS) is 14.4. The Balaban J connectivity index is 2.01. The topological polar surface area (TPSA) is 61.2 Å². The van der Waals surface area contributed by atoms with E-state index in [-0.39, 0.29) is 10.6 Å². The molecule has 112 valence electrons. The summed E-state index contributed by atoms with van der Waals surface area (Å²) in [6.07, 6.45) is 0. The smallest absolute Gasteiger partial charge is 0.268 e. The van der Waals surface area contributed by atoms with Gasteiger partial charge in [0.25, 0.3) is 11.8 Å². The highest BCUT2D eigenvalue weighted by Crippen LogP contribution is 2.35. The summed E-state index contributed by atoms with van der Waals surface area (Å²) in [6.45, 7) is 0. The van der Waals surface area contributed by atoms with Gasteiger partial charge < -0.3 is 0 Å². The molecule has 23 heavy (non-hydrogen) atoms. The summed E-state index contributed by atoms with van der Waals surface area (Å²) in [4.78, 5) is 26.0. The lowest BCUT2D eigenvalue weighted by Crippen LogP contribution is -2.31. The van der Waals surface area contributed by atoms with Crippen LogP contribution in [0.5, 0.6) is 0 Å². The molecule has 4 nitrogen and oxygen atoms in total. The van der Waals surface area contributed by atoms with Gasteiger partial charge in [-0.25, -0.2) is 4.90 Å². The molecule has 6 heteroatoms. The monoisotopic (exact) mass is 342 g/mol. The number of nitrogens with zero attached hydrogens (tertiary/aromatic N) is 2. The largest absolute Gasteiger partial charge is 0.277 e. The fourth-order valence-corrected chi connectivity index (χ4v) is 2.69. The Morgan fingerprint density at radius 1 is 0.870 bits per heavy atom. The molecule has 3 rings (SSSR count). The Morgan fingerprint density at radius 2 is 1.48 bits per heavy atom. The molecular weight excluding hydrogens is 335 g/mol. The number of benzene rings is 2. The van der Waals surface area contributed by atoms with Crippen molar-refractivity contribution < 1.29 is 9.59 Å². The van der Waals surface area contributed by atoms with Crippen molar-refractivity contribution in [1.82, 2.24) is 0 Å². The van der Waals surface area contributed by atoms with E-state index in [1.54, 1.807) is 24.3 Å². The van der Waals surface area contributed by atoms with Gasteiger partial charge in [0.05, 0.1) is 22.9 Å². The van der Waals surface area contributed by atoms with Gasteiger partial charge in [-0.15, -0.1) is 0 Å². The standard InChI is InChI=1S/C17H8Cl2N2O2/c18-12-5-3-11(4-6-12)14-15(19)17(23)21(16(14)22)13-7-1-10(9-20)2-8-13/h1-8H. The van der Waals surface area contributed by atoms with Crippen LogP contribution in [0.2, 0.25) is 5.02 Å². The highest BCUT2D eigenvalue weighted by atomic mass is 35.5. The first kappa shape index (κ1) is 15.3. The van der Waals surface area contributed by atoms with Gasteiger partial charge in [0.2, 0.25) is 0 Å². The van der Waals surface area contributed by atoms with E-state index in [1.807, 2.05) is 6.07 Å². The number of hydrogen-bond donors (Lipinski definition) is 0. The van der Waals surface area contributed by atoms with Crippen LogP contribution >= 0.6 is 23.2 Å². The number of nitriles is 1. The number of halogens is 2. The Morgan fingerprint density at radius 3 is 2.04 bits per heavy atom. The molecule has 0 aliphatic carbocycles. The summed E-state index contributed by atoms with van der Waals surface area (Å²) < 4.78 is 0. The fourth-order valence-electron chi connectivity index (χ4n) is 2.29. The summed E-state index contributed by atoms with van der Waals surface area (Å²) in [5, 5.41) is 9.20. The second-order valence-electron chi connectivity index (χ2n) is 4.80. The van der Waals surface area contributed by atoms with E-state index in [1.165, 1.54) is 24.3 Å². The molecule has 0 atom stereocenters. The van der Waals surface area contributed by atoms with Gasteiger partial charge in [-0.2, -0.15) is 5.26 Å². The molecule has 0 aromatic heterocycles. The highest BCUT2D eigenvalue weighted by Gasteiger charge is 2.39. The van der Waals surface area contributed by atoms with Crippen molar-refractivity contribution in [2.24, 2.45) is 0 Å². The van der Waals surface area contributed by atoms with Crippen LogP contribution in [0.25, 0.3) is 5.57 Å². The van der Waals surface area contributed by atoms with E-state index in [2.05, 4.69) is 0 Å². The lowest BCUT2D eigenvalue weighted by Gasteiger charge is -2.14. The highest BCUT2D eigenvalue weighted by molar-refractivity contribution is 6.60. The Bertz CT molecular complexity index is 878. The van der Waals surface area contributed by atoms with Gasteiger partial charge in [0.1, 0.15) is 5.03 Å². The summed E-state index contributed by atoms with van der Waals surface area (Å²) in [5.41, 5.74) is 1.46. The molecule has 0 fully saturated rings. The summed E-state index contributed by atoms with van der Waals surface area (Å²) in [6, 6.07) is 14.6. The predicted molar refractivity (Wildman–Crippen MR) is 87.9 cm³/mol. The lowest BCUT2D eigenvalue weighted by atomic mass is 10.1. The number of rotatable bonds is 2. The number of imide groups is 1. The van der Waals surface area contributed by atoms with Crippen LogP contribution in [0, 0.1) is 11.3 Å². The first-order valence-corrected chi connectivity index (χ1v) is 7.33. The predicted octanol–water partition coefficient (Wildman–Crippen LogP) is 3.73. The van der Waals surface area contributed by atoms with Gasteiger partial charge in [0.15, 0.2) is 0 Å². The van der Waals surface area contributed by atoms with Crippen LogP contribution in [0.4, 0.5) is 5.69 Å². The minimum absolute atomic E-state index is 0.137. The molecule has 0 radical (unpaired) electrons. The third-order valence-electron chi connectivity index (χ3n) is 3.41. The third-order valence-corrected chi connectivity index (χ3v) is 4.02. The van der Waals surface area contributed by atoms with E-state index in [0.29, 0.717) is 21.8 Å². The SMILES string of the molecule is N#Cc1ccc(N2C(=O)C(Cl)=C(c3ccc(Cl)cc3)C2=O)cc1. The first-order chi connectivity index (χ1) is 11.0. The van der Waals surface area contributed by atoms with Crippen LogP contribution < -0.4 is 4.90 Å². The third kappa shape index (κ3) is 2.61. The zero-order valence-electron chi connectivity index (χ0n) is 11.6. The summed E-state index contributed by atoms with van der Waals surface area (Å²) in [5.74, 6) is -1.10. The number of carbonyl (C=O) groups is 2. The zero-order valence-corrected chi connectivity index (χ0v) is 13.1. The average Bonchev–Trinajstić information content (AvgIpc) is 2.78. The van der Waals surface area contributed by atoms with E-state index >= 15 is 0 Å². The van der Waals surface area contributed by atoms with Gasteiger partial charge in [-0.05, 0) is 42.0 Å². The van der Waals surface area contributed by atoms with Crippen molar-refractivity contribution >= 4 is 46.3 Å². The van der Waals surface area contributed by atoms with Gasteiger partial charge in [0, 0.05) is 5.02 Å². The molecule has 0 unspecified atom stereocenters. The second-order valence-corrected chi connectivity index (χ2v) is 5.61. The molecular formula is C17H8Cl2N2O2. The van der Waals surface area contributed by atoms with Crippen molar-refractivity contribution in [2.75, 3.05) is 4.90 Å². The van der Waals surface area contributed by atoms with Gasteiger partial charge in [-0.1, -0.05) is 35.3 Å². The molecule has 0 bridgehead atoms. The van der Waals surface area contributed by atoms with E-state index < -0.39 is 11.8 Å². The maximum Gasteiger partial charge on any atom is 0.277 e.